The molecule has 2 N–H and O–H groups in total. The molecule has 0 spiro atoms. The molecule has 7 heteroatoms. The number of nitrogens with one attached hydrogen (secondary N) is 2. The molecule has 2 aromatic rings. The van der Waals surface area contributed by atoms with Gasteiger partial charge in [-0.05, 0) is 55.0 Å². The second-order valence-electron chi connectivity index (χ2n) is 8.77. The Hall–Kier alpha value is -2.80. The van der Waals surface area contributed by atoms with Gasteiger partial charge in [0.1, 0.15) is 11.6 Å². The quantitative estimate of drug-likeness (QED) is 0.688. The summed E-state index contributed by atoms with van der Waals surface area (Å²) in [5, 5.41) is 6.07. The van der Waals surface area contributed by atoms with Crippen LogP contribution in [-0.4, -0.2) is 52.5 Å². The summed E-state index contributed by atoms with van der Waals surface area (Å²) in [7, 11) is 1.67. The number of nitrogens with zero attached hydrogens (tertiary/aromatic N) is 1. The predicted molar refractivity (Wildman–Crippen MR) is 123 cm³/mol. The highest BCUT2D eigenvalue weighted by molar-refractivity contribution is 5.74. The van der Waals surface area contributed by atoms with E-state index in [1.165, 1.54) is 6.07 Å². The molecule has 2 aliphatic rings. The van der Waals surface area contributed by atoms with E-state index in [0.29, 0.717) is 32.2 Å². The zero-order chi connectivity index (χ0) is 22.4. The summed E-state index contributed by atoms with van der Waals surface area (Å²) in [6.45, 7) is 4.18. The normalized spacial score (nSPS) is 20.1. The first-order valence-corrected chi connectivity index (χ1v) is 11.3. The van der Waals surface area contributed by atoms with Crippen molar-refractivity contribution in [2.75, 3.05) is 51.4 Å². The van der Waals surface area contributed by atoms with E-state index in [1.54, 1.807) is 19.2 Å². The Morgan fingerprint density at radius 1 is 1.19 bits per heavy atom. The molecule has 172 valence electrons. The molecule has 2 fully saturated rings. The maximum Gasteiger partial charge on any atom is 0.314 e. The highest BCUT2D eigenvalue weighted by atomic mass is 19.1. The second kappa shape index (κ2) is 10.2. The molecule has 2 amide bonds. The van der Waals surface area contributed by atoms with Crippen molar-refractivity contribution in [1.29, 1.82) is 0 Å². The zero-order valence-electron chi connectivity index (χ0n) is 18.6. The van der Waals surface area contributed by atoms with Crippen LogP contribution in [0.2, 0.25) is 0 Å². The summed E-state index contributed by atoms with van der Waals surface area (Å²) in [5.41, 5.74) is 1.77. The van der Waals surface area contributed by atoms with Crippen LogP contribution in [0.1, 0.15) is 24.8 Å². The van der Waals surface area contributed by atoms with E-state index < -0.39 is 0 Å². The summed E-state index contributed by atoms with van der Waals surface area (Å²) in [4.78, 5) is 14.9. The Balaban J connectivity index is 1.28. The second-order valence-corrected chi connectivity index (χ2v) is 8.77. The molecule has 6 nitrogen and oxygen atoms in total. The van der Waals surface area contributed by atoms with Gasteiger partial charge in [-0.1, -0.05) is 18.2 Å². The molecule has 2 saturated heterocycles. The van der Waals surface area contributed by atoms with Crippen LogP contribution in [0, 0.1) is 11.7 Å². The van der Waals surface area contributed by atoms with E-state index in [9.17, 15) is 9.18 Å². The molecule has 1 unspecified atom stereocenters. The summed E-state index contributed by atoms with van der Waals surface area (Å²) in [6.07, 6.45) is 2.55. The van der Waals surface area contributed by atoms with Gasteiger partial charge in [0.05, 0.1) is 7.11 Å². The number of methoxy groups -OCH3 is 1. The van der Waals surface area contributed by atoms with E-state index >= 15 is 0 Å². The molecule has 0 radical (unpaired) electrons. The fourth-order valence-corrected chi connectivity index (χ4v) is 4.74. The van der Waals surface area contributed by atoms with E-state index in [-0.39, 0.29) is 17.3 Å². The number of rotatable bonds is 7. The van der Waals surface area contributed by atoms with Crippen LogP contribution in [0.5, 0.6) is 5.75 Å². The Bertz CT molecular complexity index is 917. The fourth-order valence-electron chi connectivity index (χ4n) is 4.74. The molecule has 0 bridgehead atoms. The number of hydrogen-bond donors (Lipinski definition) is 2. The number of anilines is 1. The molecule has 2 heterocycles. The van der Waals surface area contributed by atoms with Crippen molar-refractivity contribution in [3.05, 3.63) is 59.9 Å². The number of amides is 2. The van der Waals surface area contributed by atoms with Gasteiger partial charge in [-0.15, -0.1) is 0 Å². The highest BCUT2D eigenvalue weighted by Gasteiger charge is 2.35. The third-order valence-electron chi connectivity index (χ3n) is 6.73. The predicted octanol–water partition coefficient (Wildman–Crippen LogP) is 3.71. The van der Waals surface area contributed by atoms with Gasteiger partial charge in [0.25, 0.3) is 0 Å². The summed E-state index contributed by atoms with van der Waals surface area (Å²) in [5.74, 6) is 0.996. The maximum atomic E-state index is 13.8. The van der Waals surface area contributed by atoms with Crippen molar-refractivity contribution < 1.29 is 18.7 Å². The molecular formula is C25H32FN3O3. The minimum Gasteiger partial charge on any atom is -0.497 e. The summed E-state index contributed by atoms with van der Waals surface area (Å²) in [6, 6.07) is 14.6. The average molecular weight is 442 g/mol. The van der Waals surface area contributed by atoms with Crippen LogP contribution in [0.3, 0.4) is 0 Å². The number of hydrogen-bond acceptors (Lipinski definition) is 4. The number of carbonyl (C=O) groups excluding carboxylic acids is 1. The molecule has 4 rings (SSSR count). The van der Waals surface area contributed by atoms with Crippen LogP contribution >= 0.6 is 0 Å². The van der Waals surface area contributed by atoms with Gasteiger partial charge in [0.2, 0.25) is 0 Å². The van der Waals surface area contributed by atoms with Gasteiger partial charge in [-0.3, -0.25) is 0 Å². The van der Waals surface area contributed by atoms with E-state index in [0.717, 1.165) is 49.4 Å². The van der Waals surface area contributed by atoms with E-state index in [4.69, 9.17) is 9.47 Å². The number of urea groups is 1. The third-order valence-corrected chi connectivity index (χ3v) is 6.73. The minimum absolute atomic E-state index is 0.174. The molecule has 32 heavy (non-hydrogen) atoms. The third kappa shape index (κ3) is 5.33. The number of carbonyl (C=O) groups is 1. The van der Waals surface area contributed by atoms with Gasteiger partial charge in [-0.25, -0.2) is 9.18 Å². The highest BCUT2D eigenvalue weighted by Crippen LogP contribution is 2.34. The SMILES string of the molecule is COc1cccc(N2CCC(CNC(=O)NCC3(c4cccc(F)c4)CCOCC3)C2)c1. The first kappa shape index (κ1) is 22.4. The lowest BCUT2D eigenvalue weighted by Gasteiger charge is -2.38. The zero-order valence-corrected chi connectivity index (χ0v) is 18.6. The van der Waals surface area contributed by atoms with Crippen LogP contribution in [0.4, 0.5) is 14.9 Å². The van der Waals surface area contributed by atoms with Crippen LogP contribution in [0.25, 0.3) is 0 Å². The molecular weight excluding hydrogens is 409 g/mol. The standard InChI is InChI=1S/C25H32FN3O3/c1-31-23-7-3-6-22(15-23)29-11-8-19(17-29)16-27-24(30)28-18-25(9-12-32-13-10-25)20-4-2-5-21(26)14-20/h2-7,14-15,19H,8-13,16-18H2,1H3,(H2,27,28,30). The Morgan fingerprint density at radius 3 is 2.78 bits per heavy atom. The van der Waals surface area contributed by atoms with Crippen LogP contribution in [0.15, 0.2) is 48.5 Å². The van der Waals surface area contributed by atoms with Gasteiger partial charge in [0.15, 0.2) is 0 Å². The molecule has 0 saturated carbocycles. The molecule has 2 aromatic carbocycles. The summed E-state index contributed by atoms with van der Waals surface area (Å²) >= 11 is 0. The minimum atomic E-state index is -0.297. The lowest BCUT2D eigenvalue weighted by molar-refractivity contribution is 0.0506. The first-order valence-electron chi connectivity index (χ1n) is 11.3. The van der Waals surface area contributed by atoms with Gasteiger partial charge >= 0.3 is 6.03 Å². The largest absolute Gasteiger partial charge is 0.497 e. The molecule has 0 aliphatic carbocycles. The maximum absolute atomic E-state index is 13.8. The Labute approximate surface area is 189 Å². The monoisotopic (exact) mass is 441 g/mol. The topological polar surface area (TPSA) is 62.8 Å². The molecule has 1 atom stereocenters. The smallest absolute Gasteiger partial charge is 0.314 e. The first-order chi connectivity index (χ1) is 15.6. The summed E-state index contributed by atoms with van der Waals surface area (Å²) < 4.78 is 24.7. The number of ether oxygens (including phenoxy) is 2. The lowest BCUT2D eigenvalue weighted by Crippen LogP contribution is -2.48. The Morgan fingerprint density at radius 2 is 2.00 bits per heavy atom. The molecule has 2 aliphatic heterocycles. The lowest BCUT2D eigenvalue weighted by atomic mass is 9.74. The van der Waals surface area contributed by atoms with Crippen molar-refractivity contribution in [3.63, 3.8) is 0 Å². The van der Waals surface area contributed by atoms with E-state index in [1.807, 2.05) is 24.3 Å². The number of benzene rings is 2. The number of halogens is 1. The van der Waals surface area contributed by atoms with Crippen LogP contribution < -0.4 is 20.3 Å². The van der Waals surface area contributed by atoms with Gasteiger partial charge < -0.3 is 25.0 Å². The average Bonchev–Trinajstić information content (AvgIpc) is 3.31. The van der Waals surface area contributed by atoms with Crippen molar-refractivity contribution in [2.24, 2.45) is 5.92 Å². The van der Waals surface area contributed by atoms with Gasteiger partial charge in [0, 0.05) is 56.6 Å². The Kier molecular flexibility index (Phi) is 7.15. The van der Waals surface area contributed by atoms with Crippen molar-refractivity contribution >= 4 is 11.7 Å². The van der Waals surface area contributed by atoms with Crippen LogP contribution in [-0.2, 0) is 10.2 Å². The fraction of sp³-hybridized carbons (Fsp3) is 0.480. The van der Waals surface area contributed by atoms with Gasteiger partial charge in [-0.2, -0.15) is 0 Å². The van der Waals surface area contributed by atoms with Crippen molar-refractivity contribution in [2.45, 2.75) is 24.7 Å². The van der Waals surface area contributed by atoms with Crippen molar-refractivity contribution in [1.82, 2.24) is 10.6 Å². The van der Waals surface area contributed by atoms with E-state index in [2.05, 4.69) is 21.6 Å². The molecule has 0 aromatic heterocycles. The van der Waals surface area contributed by atoms with Crippen molar-refractivity contribution in [3.8, 4) is 5.75 Å².